The summed E-state index contributed by atoms with van der Waals surface area (Å²) < 4.78 is 10.7. The van der Waals surface area contributed by atoms with Gasteiger partial charge in [-0.2, -0.15) is 0 Å². The minimum absolute atomic E-state index is 0.0814. The molecule has 0 bridgehead atoms. The molecule has 0 aliphatic carbocycles. The van der Waals surface area contributed by atoms with E-state index in [2.05, 4.69) is 20.7 Å². The van der Waals surface area contributed by atoms with E-state index >= 15 is 0 Å². The highest BCUT2D eigenvalue weighted by molar-refractivity contribution is 6.30. The van der Waals surface area contributed by atoms with Crippen LogP contribution in [0.25, 0.3) is 10.4 Å². The molecule has 17 heteroatoms. The number of carboxylic acids is 1. The number of carbonyl (C=O) groups is 3. The lowest BCUT2D eigenvalue weighted by Gasteiger charge is -2.46. The monoisotopic (exact) mass is 575 g/mol. The van der Waals surface area contributed by atoms with Crippen LogP contribution >= 0.6 is 11.6 Å². The molecule has 8 N–H and O–H groups in total. The van der Waals surface area contributed by atoms with Gasteiger partial charge in [-0.05, 0) is 23.2 Å². The molecule has 1 aliphatic rings. The number of benzene rings is 1. The first-order valence-electron chi connectivity index (χ1n) is 11.6. The van der Waals surface area contributed by atoms with Crippen molar-refractivity contribution in [3.63, 3.8) is 0 Å². The summed E-state index contributed by atoms with van der Waals surface area (Å²) in [6.07, 6.45) is -9.70. The molecule has 1 heterocycles. The standard InChI is InChI=1S/C22H30ClN5O11/c23-12-3-1-11(2-4-12)5-16(33)25-8-15(32)19(35)20-18(27-17(34)9-29)14(31)6-22(39-20,21(36)37)38-10-13(30)7-26-28-24/h1-4,13-15,18-20,29-32,35H,5-10H2,(H,25,33)(H,27,34)(H,36,37)/t13?,14-,15+,18+,19+,20+,22+/m0/s1. The summed E-state index contributed by atoms with van der Waals surface area (Å²) in [4.78, 5) is 38.7. The van der Waals surface area contributed by atoms with Crippen molar-refractivity contribution in [1.29, 1.82) is 0 Å². The van der Waals surface area contributed by atoms with E-state index in [9.17, 15) is 39.9 Å². The number of rotatable bonds is 14. The third kappa shape index (κ3) is 9.28. The lowest BCUT2D eigenvalue weighted by atomic mass is 9.88. The molecule has 16 nitrogen and oxygen atoms in total. The second kappa shape index (κ2) is 14.9. The first-order chi connectivity index (χ1) is 18.4. The van der Waals surface area contributed by atoms with E-state index in [-0.39, 0.29) is 6.42 Å². The zero-order valence-electron chi connectivity index (χ0n) is 20.5. The Morgan fingerprint density at radius 3 is 2.49 bits per heavy atom. The molecule has 0 radical (unpaired) electrons. The number of amides is 2. The Kier molecular flexibility index (Phi) is 12.3. The normalized spacial score (nSPS) is 25.0. The van der Waals surface area contributed by atoms with Crippen molar-refractivity contribution in [3.05, 3.63) is 45.3 Å². The van der Waals surface area contributed by atoms with Gasteiger partial charge in [-0.1, -0.05) is 28.8 Å². The third-order valence-corrected chi connectivity index (χ3v) is 6.00. The van der Waals surface area contributed by atoms with Crippen LogP contribution in [0.2, 0.25) is 5.02 Å². The van der Waals surface area contributed by atoms with Gasteiger partial charge < -0.3 is 50.7 Å². The molecule has 1 unspecified atom stereocenters. The van der Waals surface area contributed by atoms with Gasteiger partial charge in [0, 0.05) is 22.9 Å². The fraction of sp³-hybridized carbons (Fsp3) is 0.591. The number of hydrogen-bond acceptors (Lipinski definition) is 11. The number of carbonyl (C=O) groups excluding carboxylic acids is 2. The molecule has 1 aromatic rings. The van der Waals surface area contributed by atoms with Gasteiger partial charge in [0.25, 0.3) is 5.79 Å². The van der Waals surface area contributed by atoms with Gasteiger partial charge in [-0.3, -0.25) is 9.59 Å². The maximum atomic E-state index is 12.3. The van der Waals surface area contributed by atoms with Gasteiger partial charge in [0.05, 0.1) is 43.9 Å². The molecule has 216 valence electrons. The summed E-state index contributed by atoms with van der Waals surface area (Å²) in [6, 6.07) is 4.88. The zero-order valence-corrected chi connectivity index (χ0v) is 21.2. The highest BCUT2D eigenvalue weighted by Crippen LogP contribution is 2.33. The molecule has 1 saturated heterocycles. The van der Waals surface area contributed by atoms with Crippen molar-refractivity contribution in [1.82, 2.24) is 10.6 Å². The molecular formula is C22H30ClN5O11. The average Bonchev–Trinajstić information content (AvgIpc) is 2.91. The van der Waals surface area contributed by atoms with Crippen molar-refractivity contribution in [2.75, 3.05) is 26.3 Å². The van der Waals surface area contributed by atoms with Gasteiger partial charge in [0.2, 0.25) is 11.8 Å². The van der Waals surface area contributed by atoms with Crippen LogP contribution in [-0.4, -0.2) is 117 Å². The van der Waals surface area contributed by atoms with Crippen LogP contribution in [-0.2, 0) is 30.3 Å². The van der Waals surface area contributed by atoms with E-state index in [0.29, 0.717) is 10.6 Å². The van der Waals surface area contributed by atoms with Gasteiger partial charge in [-0.15, -0.1) is 0 Å². The number of halogens is 1. The second-order valence-electron chi connectivity index (χ2n) is 8.71. The number of aliphatic hydroxyl groups excluding tert-OH is 5. The minimum atomic E-state index is -2.67. The number of carboxylic acid groups (broad SMARTS) is 1. The van der Waals surface area contributed by atoms with Crippen LogP contribution in [0.1, 0.15) is 12.0 Å². The number of ether oxygens (including phenoxy) is 2. The van der Waals surface area contributed by atoms with Crippen LogP contribution in [0.15, 0.2) is 29.4 Å². The summed E-state index contributed by atoms with van der Waals surface area (Å²) in [6.45, 7) is -2.74. The van der Waals surface area contributed by atoms with Gasteiger partial charge >= 0.3 is 5.97 Å². The molecule has 1 aliphatic heterocycles. The van der Waals surface area contributed by atoms with E-state index in [0.717, 1.165) is 0 Å². The number of hydrogen-bond donors (Lipinski definition) is 8. The Morgan fingerprint density at radius 2 is 1.90 bits per heavy atom. The maximum Gasteiger partial charge on any atom is 0.364 e. The number of aliphatic hydroxyl groups is 5. The molecule has 2 amide bonds. The van der Waals surface area contributed by atoms with E-state index < -0.39 is 92.9 Å². The van der Waals surface area contributed by atoms with E-state index in [1.165, 1.54) is 0 Å². The van der Waals surface area contributed by atoms with E-state index in [4.69, 9.17) is 31.7 Å². The molecular weight excluding hydrogens is 546 g/mol. The minimum Gasteiger partial charge on any atom is -0.477 e. The fourth-order valence-electron chi connectivity index (χ4n) is 3.77. The van der Waals surface area contributed by atoms with Crippen LogP contribution in [0.4, 0.5) is 0 Å². The molecule has 0 aromatic heterocycles. The Labute approximate surface area is 226 Å². The van der Waals surface area contributed by atoms with Gasteiger partial charge in [0.1, 0.15) is 18.8 Å². The predicted molar refractivity (Wildman–Crippen MR) is 131 cm³/mol. The maximum absolute atomic E-state index is 12.3. The third-order valence-electron chi connectivity index (χ3n) is 5.75. The largest absolute Gasteiger partial charge is 0.477 e. The molecule has 39 heavy (non-hydrogen) atoms. The van der Waals surface area contributed by atoms with Crippen molar-refractivity contribution in [3.8, 4) is 0 Å². The highest BCUT2D eigenvalue weighted by atomic mass is 35.5. The van der Waals surface area contributed by atoms with Crippen molar-refractivity contribution in [2.45, 2.75) is 55.2 Å². The summed E-state index contributed by atoms with van der Waals surface area (Å²) in [5, 5.41) is 69.0. The number of nitrogens with one attached hydrogen (secondary N) is 2. The molecule has 1 aromatic carbocycles. The first-order valence-corrected chi connectivity index (χ1v) is 12.0. The summed E-state index contributed by atoms with van der Waals surface area (Å²) in [7, 11) is 0. The first kappa shape index (κ1) is 32.2. The van der Waals surface area contributed by atoms with E-state index in [1.807, 2.05) is 0 Å². The fourth-order valence-corrected chi connectivity index (χ4v) is 3.90. The van der Waals surface area contributed by atoms with Crippen LogP contribution in [0.3, 0.4) is 0 Å². The summed E-state index contributed by atoms with van der Waals surface area (Å²) in [5.41, 5.74) is 8.97. The van der Waals surface area contributed by atoms with Crippen molar-refractivity contribution < 1.29 is 54.5 Å². The van der Waals surface area contributed by atoms with Crippen LogP contribution in [0, 0.1) is 0 Å². The van der Waals surface area contributed by atoms with Crippen LogP contribution < -0.4 is 10.6 Å². The van der Waals surface area contributed by atoms with Gasteiger partial charge in [-0.25, -0.2) is 4.79 Å². The Hall–Kier alpha value is -3.05. The van der Waals surface area contributed by atoms with Gasteiger partial charge in [0.15, 0.2) is 0 Å². The Bertz CT molecular complexity index is 1040. The van der Waals surface area contributed by atoms with Crippen molar-refractivity contribution in [2.24, 2.45) is 5.11 Å². The lowest BCUT2D eigenvalue weighted by molar-refractivity contribution is -0.314. The highest BCUT2D eigenvalue weighted by Gasteiger charge is 2.56. The summed E-state index contributed by atoms with van der Waals surface area (Å²) >= 11 is 5.81. The number of nitrogens with zero attached hydrogens (tertiary/aromatic N) is 3. The number of azide groups is 1. The van der Waals surface area contributed by atoms with E-state index in [1.54, 1.807) is 24.3 Å². The SMILES string of the molecule is [N-]=[N+]=NCC(O)CO[C@]1(C(=O)O)C[C@H](O)[C@@H](NC(=O)CO)[C@H]([C@H](O)[C@H](O)CNC(=O)Cc2ccc(Cl)cc2)O1. The molecule has 7 atom stereocenters. The average molecular weight is 576 g/mol. The zero-order chi connectivity index (χ0) is 29.2. The lowest BCUT2D eigenvalue weighted by Crippen LogP contribution is -2.68. The second-order valence-corrected chi connectivity index (χ2v) is 9.14. The number of aliphatic carboxylic acids is 1. The Balaban J connectivity index is 2.18. The molecule has 1 fully saturated rings. The topological polar surface area (TPSA) is 264 Å². The smallest absolute Gasteiger partial charge is 0.364 e. The predicted octanol–water partition coefficient (Wildman–Crippen LogP) is -2.18. The summed E-state index contributed by atoms with van der Waals surface area (Å²) in [5.74, 6) is -5.97. The molecule has 0 saturated carbocycles. The molecule has 2 rings (SSSR count). The molecule has 0 spiro atoms. The van der Waals surface area contributed by atoms with Crippen molar-refractivity contribution >= 4 is 29.4 Å². The Morgan fingerprint density at radius 1 is 1.23 bits per heavy atom. The van der Waals surface area contributed by atoms with Crippen LogP contribution in [0.5, 0.6) is 0 Å². The quantitative estimate of drug-likeness (QED) is 0.0670.